The number of rotatable bonds is 4. The lowest BCUT2D eigenvalue weighted by Crippen LogP contribution is -3.13. The van der Waals surface area contributed by atoms with Crippen LogP contribution < -0.4 is 4.90 Å². The van der Waals surface area contributed by atoms with E-state index in [2.05, 4.69) is 62.6 Å². The second-order valence-corrected chi connectivity index (χ2v) is 7.49. The fourth-order valence-electron chi connectivity index (χ4n) is 3.81. The number of quaternary nitrogens is 1. The minimum absolute atomic E-state index is 0.283. The Labute approximate surface area is 145 Å². The van der Waals surface area contributed by atoms with Crippen molar-refractivity contribution in [2.75, 3.05) is 19.6 Å². The average Bonchev–Trinajstić information content (AvgIpc) is 2.85. The first-order valence-electron chi connectivity index (χ1n) is 9.08. The summed E-state index contributed by atoms with van der Waals surface area (Å²) in [6.07, 6.45) is 2.48. The SMILES string of the molecule is Cc1ccc(-n2c(C)cc(C(=O)C[NH+]3CCC(C)CC3)c2C)cc1. The van der Waals surface area contributed by atoms with Crippen LogP contribution in [0, 0.1) is 26.7 Å². The highest BCUT2D eigenvalue weighted by Gasteiger charge is 2.24. The third-order valence-corrected chi connectivity index (χ3v) is 5.42. The van der Waals surface area contributed by atoms with Gasteiger partial charge < -0.3 is 9.47 Å². The molecule has 0 spiro atoms. The summed E-state index contributed by atoms with van der Waals surface area (Å²) < 4.78 is 2.19. The molecule has 1 aliphatic heterocycles. The number of benzene rings is 1. The summed E-state index contributed by atoms with van der Waals surface area (Å²) in [6, 6.07) is 10.6. The molecule has 1 fully saturated rings. The largest absolute Gasteiger partial charge is 0.328 e. The van der Waals surface area contributed by atoms with Crippen LogP contribution in [0.3, 0.4) is 0 Å². The third-order valence-electron chi connectivity index (χ3n) is 5.42. The van der Waals surface area contributed by atoms with Gasteiger partial charge in [-0.3, -0.25) is 4.79 Å². The van der Waals surface area contributed by atoms with Crippen LogP contribution in [0.2, 0.25) is 0 Å². The van der Waals surface area contributed by atoms with Gasteiger partial charge in [0.25, 0.3) is 0 Å². The Bertz CT molecular complexity index is 719. The molecule has 0 unspecified atom stereocenters. The monoisotopic (exact) mass is 325 g/mol. The Kier molecular flexibility index (Phi) is 4.91. The summed E-state index contributed by atoms with van der Waals surface area (Å²) in [7, 11) is 0. The molecule has 128 valence electrons. The Morgan fingerprint density at radius 1 is 1.12 bits per heavy atom. The molecule has 24 heavy (non-hydrogen) atoms. The molecule has 2 aromatic rings. The Morgan fingerprint density at radius 3 is 2.38 bits per heavy atom. The van der Waals surface area contributed by atoms with E-state index in [1.807, 2.05) is 0 Å². The van der Waals surface area contributed by atoms with E-state index in [0.29, 0.717) is 6.54 Å². The highest BCUT2D eigenvalue weighted by atomic mass is 16.1. The van der Waals surface area contributed by atoms with Gasteiger partial charge in [0.15, 0.2) is 0 Å². The molecule has 0 saturated carbocycles. The molecule has 3 nitrogen and oxygen atoms in total. The van der Waals surface area contributed by atoms with Gasteiger partial charge in [-0.05, 0) is 57.7 Å². The number of carbonyl (C=O) groups excluding carboxylic acids is 1. The van der Waals surface area contributed by atoms with E-state index in [1.165, 1.54) is 23.3 Å². The van der Waals surface area contributed by atoms with Crippen LogP contribution in [0.25, 0.3) is 5.69 Å². The normalized spacial score (nSPS) is 21.0. The molecule has 3 rings (SSSR count). The minimum atomic E-state index is 0.283. The number of hydrogen-bond acceptors (Lipinski definition) is 1. The Morgan fingerprint density at radius 2 is 1.75 bits per heavy atom. The van der Waals surface area contributed by atoms with Gasteiger partial charge in [-0.15, -0.1) is 0 Å². The molecular formula is C21H29N2O+. The van der Waals surface area contributed by atoms with Crippen LogP contribution in [-0.4, -0.2) is 30.0 Å². The highest BCUT2D eigenvalue weighted by molar-refractivity contribution is 5.98. The number of piperidine rings is 1. The van der Waals surface area contributed by atoms with Gasteiger partial charge in [0.2, 0.25) is 5.78 Å². The maximum Gasteiger partial charge on any atom is 0.218 e. The van der Waals surface area contributed by atoms with Gasteiger partial charge >= 0.3 is 0 Å². The number of ketones is 1. The standard InChI is InChI=1S/C21H28N2O/c1-15-5-7-19(8-6-15)23-17(3)13-20(18(23)4)21(24)14-22-11-9-16(2)10-12-22/h5-8,13,16H,9-12,14H2,1-4H3/p+1. The number of nitrogens with zero attached hydrogens (tertiary/aromatic N) is 1. The zero-order valence-electron chi connectivity index (χ0n) is 15.4. The van der Waals surface area contributed by atoms with Crippen molar-refractivity contribution in [1.82, 2.24) is 4.57 Å². The lowest BCUT2D eigenvalue weighted by atomic mass is 9.99. The van der Waals surface area contributed by atoms with E-state index in [1.54, 1.807) is 0 Å². The zero-order chi connectivity index (χ0) is 17.3. The van der Waals surface area contributed by atoms with Gasteiger partial charge in [0, 0.05) is 22.6 Å². The molecule has 1 N–H and O–H groups in total. The van der Waals surface area contributed by atoms with Gasteiger partial charge in [0.05, 0.1) is 13.1 Å². The van der Waals surface area contributed by atoms with Crippen molar-refractivity contribution in [2.45, 2.75) is 40.5 Å². The fraction of sp³-hybridized carbons (Fsp3) is 0.476. The van der Waals surface area contributed by atoms with Gasteiger partial charge in [0.1, 0.15) is 6.54 Å². The molecule has 0 atom stereocenters. The maximum absolute atomic E-state index is 12.8. The Balaban J connectivity index is 1.80. The average molecular weight is 325 g/mol. The van der Waals surface area contributed by atoms with Crippen LogP contribution in [0.15, 0.2) is 30.3 Å². The Hall–Kier alpha value is -1.87. The number of nitrogens with one attached hydrogen (secondary N) is 1. The molecule has 1 saturated heterocycles. The first-order valence-corrected chi connectivity index (χ1v) is 9.08. The van der Waals surface area contributed by atoms with E-state index in [0.717, 1.165) is 41.6 Å². The third kappa shape index (κ3) is 3.46. The lowest BCUT2D eigenvalue weighted by Gasteiger charge is -2.26. The molecule has 0 radical (unpaired) electrons. The van der Waals surface area contributed by atoms with E-state index >= 15 is 0 Å². The summed E-state index contributed by atoms with van der Waals surface area (Å²) in [5.74, 6) is 1.10. The molecule has 0 aliphatic carbocycles. The fourth-order valence-corrected chi connectivity index (χ4v) is 3.81. The minimum Gasteiger partial charge on any atom is -0.328 e. The van der Waals surface area contributed by atoms with Crippen LogP contribution in [-0.2, 0) is 0 Å². The zero-order valence-corrected chi connectivity index (χ0v) is 15.4. The number of aromatic nitrogens is 1. The molecule has 1 aromatic heterocycles. The topological polar surface area (TPSA) is 26.4 Å². The summed E-state index contributed by atoms with van der Waals surface area (Å²) in [6.45, 7) is 11.4. The summed E-state index contributed by atoms with van der Waals surface area (Å²) in [5, 5.41) is 0. The van der Waals surface area contributed by atoms with Crippen LogP contribution in [0.1, 0.15) is 47.1 Å². The number of likely N-dealkylation sites (tertiary alicyclic amines) is 1. The van der Waals surface area contributed by atoms with Crippen molar-refractivity contribution in [1.29, 1.82) is 0 Å². The number of carbonyl (C=O) groups is 1. The number of aryl methyl sites for hydroxylation is 2. The molecule has 1 aliphatic rings. The van der Waals surface area contributed by atoms with Gasteiger partial charge in [-0.2, -0.15) is 0 Å². The van der Waals surface area contributed by atoms with Gasteiger partial charge in [-0.1, -0.05) is 24.6 Å². The number of Topliss-reactive ketones (excluding diaryl/α,β-unsaturated/α-hetero) is 1. The second kappa shape index (κ2) is 6.94. The van der Waals surface area contributed by atoms with Crippen molar-refractivity contribution in [2.24, 2.45) is 5.92 Å². The second-order valence-electron chi connectivity index (χ2n) is 7.49. The smallest absolute Gasteiger partial charge is 0.218 e. The molecular weight excluding hydrogens is 296 g/mol. The summed E-state index contributed by atoms with van der Waals surface area (Å²) >= 11 is 0. The molecule has 2 heterocycles. The van der Waals surface area contributed by atoms with Crippen LogP contribution in [0.5, 0.6) is 0 Å². The van der Waals surface area contributed by atoms with Crippen LogP contribution >= 0.6 is 0 Å². The van der Waals surface area contributed by atoms with E-state index in [9.17, 15) is 4.79 Å². The van der Waals surface area contributed by atoms with Crippen LogP contribution in [0.4, 0.5) is 0 Å². The first kappa shape index (κ1) is 17.0. The molecule has 0 amide bonds. The first-order chi connectivity index (χ1) is 11.5. The lowest BCUT2D eigenvalue weighted by molar-refractivity contribution is -0.897. The summed E-state index contributed by atoms with van der Waals surface area (Å²) in [4.78, 5) is 14.3. The highest BCUT2D eigenvalue weighted by Crippen LogP contribution is 2.21. The van der Waals surface area contributed by atoms with Crippen molar-refractivity contribution in [3.8, 4) is 5.69 Å². The summed E-state index contributed by atoms with van der Waals surface area (Å²) in [5.41, 5.74) is 5.46. The quantitative estimate of drug-likeness (QED) is 0.860. The van der Waals surface area contributed by atoms with Crippen molar-refractivity contribution in [3.63, 3.8) is 0 Å². The van der Waals surface area contributed by atoms with Crippen molar-refractivity contribution >= 4 is 5.78 Å². The van der Waals surface area contributed by atoms with E-state index in [-0.39, 0.29) is 5.78 Å². The van der Waals surface area contributed by atoms with Gasteiger partial charge in [-0.25, -0.2) is 0 Å². The molecule has 1 aromatic carbocycles. The van der Waals surface area contributed by atoms with Crippen molar-refractivity contribution in [3.05, 3.63) is 52.8 Å². The molecule has 3 heteroatoms. The predicted molar refractivity (Wildman–Crippen MR) is 98.3 cm³/mol. The van der Waals surface area contributed by atoms with Crippen molar-refractivity contribution < 1.29 is 9.69 Å². The van der Waals surface area contributed by atoms with E-state index in [4.69, 9.17) is 0 Å². The predicted octanol–water partition coefficient (Wildman–Crippen LogP) is 2.90. The molecule has 0 bridgehead atoms. The van der Waals surface area contributed by atoms with E-state index < -0.39 is 0 Å². The maximum atomic E-state index is 12.8. The number of hydrogen-bond donors (Lipinski definition) is 1.